The van der Waals surface area contributed by atoms with Crippen LogP contribution in [0.15, 0.2) is 24.3 Å². The Morgan fingerprint density at radius 2 is 2.00 bits per heavy atom. The Bertz CT molecular complexity index is 415. The minimum Gasteiger partial charge on any atom is -0.296 e. The van der Waals surface area contributed by atoms with Crippen LogP contribution in [0.1, 0.15) is 5.56 Å². The lowest BCUT2D eigenvalue weighted by Gasteiger charge is -2.07. The van der Waals surface area contributed by atoms with Gasteiger partial charge in [0, 0.05) is 17.7 Å². The molecule has 0 aliphatic rings. The van der Waals surface area contributed by atoms with Crippen LogP contribution in [0.25, 0.3) is 0 Å². The number of nitrogens with one attached hydrogen (secondary N) is 1. The first-order valence-corrected chi connectivity index (χ1v) is 3.73. The molecule has 0 fully saturated rings. The first kappa shape index (κ1) is 11.2. The summed E-state index contributed by atoms with van der Waals surface area (Å²) in [6, 6.07) is 3.89. The van der Waals surface area contributed by atoms with Gasteiger partial charge in [-0.1, -0.05) is 12.1 Å². The number of hydrogen-bond donors (Lipinski definition) is 1. The fourth-order valence-electron chi connectivity index (χ4n) is 0.939. The molecule has 1 N–H and O–H groups in total. The summed E-state index contributed by atoms with van der Waals surface area (Å²) in [4.78, 5) is 9.47. The van der Waals surface area contributed by atoms with Gasteiger partial charge in [0.1, 0.15) is 5.71 Å². The van der Waals surface area contributed by atoms with E-state index >= 15 is 0 Å². The Labute approximate surface area is 82.0 Å². The summed E-state index contributed by atoms with van der Waals surface area (Å²) in [5.74, 6) is 0. The molecule has 4 nitrogen and oxygen atoms in total. The molecule has 0 amide bonds. The van der Waals surface area contributed by atoms with E-state index in [9.17, 15) is 23.3 Å². The third-order valence-electron chi connectivity index (χ3n) is 1.63. The Hall–Kier alpha value is -1.92. The van der Waals surface area contributed by atoms with Crippen LogP contribution in [0.2, 0.25) is 0 Å². The average Bonchev–Trinajstić information content (AvgIpc) is 2.15. The van der Waals surface area contributed by atoms with Crippen LogP contribution in [0.5, 0.6) is 0 Å². The molecule has 0 spiro atoms. The summed E-state index contributed by atoms with van der Waals surface area (Å²) < 4.78 is 36.2. The molecule has 15 heavy (non-hydrogen) atoms. The van der Waals surface area contributed by atoms with Crippen molar-refractivity contribution in [2.45, 2.75) is 6.18 Å². The Balaban J connectivity index is 3.12. The largest absolute Gasteiger partial charge is 0.433 e. The van der Waals surface area contributed by atoms with Crippen molar-refractivity contribution in [1.82, 2.24) is 0 Å². The van der Waals surface area contributed by atoms with Gasteiger partial charge in [-0.3, -0.25) is 15.5 Å². The van der Waals surface area contributed by atoms with Gasteiger partial charge >= 0.3 is 6.18 Å². The normalized spacial score (nSPS) is 11.1. The molecule has 80 valence electrons. The standard InChI is InChI=1S/C8H5F3N2O2/c9-8(10,11)7(12)5-2-1-3-6(4-5)13(14)15/h1-4,12H. The third kappa shape index (κ3) is 2.52. The van der Waals surface area contributed by atoms with E-state index in [1.165, 1.54) is 0 Å². The molecule has 0 aliphatic heterocycles. The predicted molar refractivity (Wildman–Crippen MR) is 46.0 cm³/mol. The lowest BCUT2D eigenvalue weighted by atomic mass is 10.1. The zero-order valence-corrected chi connectivity index (χ0v) is 7.21. The lowest BCUT2D eigenvalue weighted by Crippen LogP contribution is -2.22. The molecule has 0 aromatic heterocycles. The maximum atomic E-state index is 12.1. The number of nitro benzene ring substituents is 1. The van der Waals surface area contributed by atoms with Crippen molar-refractivity contribution >= 4 is 11.4 Å². The molecule has 0 radical (unpaired) electrons. The number of alkyl halides is 3. The zero-order chi connectivity index (χ0) is 11.6. The van der Waals surface area contributed by atoms with Crippen molar-refractivity contribution in [1.29, 1.82) is 5.41 Å². The van der Waals surface area contributed by atoms with Crippen molar-refractivity contribution in [3.63, 3.8) is 0 Å². The quantitative estimate of drug-likeness (QED) is 0.470. The minimum absolute atomic E-state index is 0.471. The van der Waals surface area contributed by atoms with E-state index in [-0.39, 0.29) is 0 Å². The number of non-ortho nitro benzene ring substituents is 1. The molecular formula is C8H5F3N2O2. The highest BCUT2D eigenvalue weighted by Crippen LogP contribution is 2.23. The molecule has 1 rings (SSSR count). The number of hydrogen-bond acceptors (Lipinski definition) is 3. The lowest BCUT2D eigenvalue weighted by molar-refractivity contribution is -0.384. The van der Waals surface area contributed by atoms with Crippen molar-refractivity contribution in [2.75, 3.05) is 0 Å². The molecule has 0 bridgehead atoms. The second-order valence-corrected chi connectivity index (χ2v) is 2.68. The molecule has 7 heteroatoms. The summed E-state index contributed by atoms with van der Waals surface area (Å²) in [6.45, 7) is 0. The van der Waals surface area contributed by atoms with Crippen molar-refractivity contribution in [2.24, 2.45) is 0 Å². The van der Waals surface area contributed by atoms with Crippen molar-refractivity contribution in [3.8, 4) is 0 Å². The molecule has 1 aromatic carbocycles. The van der Waals surface area contributed by atoms with E-state index < -0.39 is 28.1 Å². The van der Waals surface area contributed by atoms with E-state index in [2.05, 4.69) is 0 Å². The monoisotopic (exact) mass is 218 g/mol. The van der Waals surface area contributed by atoms with Crippen LogP contribution < -0.4 is 0 Å². The van der Waals surface area contributed by atoms with Gasteiger partial charge < -0.3 is 0 Å². The van der Waals surface area contributed by atoms with Crippen LogP contribution >= 0.6 is 0 Å². The number of halogens is 3. The van der Waals surface area contributed by atoms with Gasteiger partial charge in [0.05, 0.1) is 4.92 Å². The molecule has 0 unspecified atom stereocenters. The van der Waals surface area contributed by atoms with E-state index in [1.54, 1.807) is 0 Å². The van der Waals surface area contributed by atoms with Gasteiger partial charge in [-0.15, -0.1) is 0 Å². The number of nitrogens with zero attached hydrogens (tertiary/aromatic N) is 1. The van der Waals surface area contributed by atoms with Crippen LogP contribution in [0, 0.1) is 15.5 Å². The van der Waals surface area contributed by atoms with Gasteiger partial charge in [-0.05, 0) is 0 Å². The zero-order valence-electron chi connectivity index (χ0n) is 7.21. The number of rotatable bonds is 2. The highest BCUT2D eigenvalue weighted by atomic mass is 19.4. The summed E-state index contributed by atoms with van der Waals surface area (Å²) in [6.07, 6.45) is -4.80. The topological polar surface area (TPSA) is 67.0 Å². The first-order valence-electron chi connectivity index (χ1n) is 3.73. The highest BCUT2D eigenvalue weighted by Gasteiger charge is 2.35. The van der Waals surface area contributed by atoms with Gasteiger partial charge in [0.25, 0.3) is 5.69 Å². The van der Waals surface area contributed by atoms with E-state index in [0.717, 1.165) is 24.3 Å². The minimum atomic E-state index is -4.80. The van der Waals surface area contributed by atoms with Crippen molar-refractivity contribution in [3.05, 3.63) is 39.9 Å². The Kier molecular flexibility index (Phi) is 2.74. The SMILES string of the molecule is N=C(c1cccc([N+](=O)[O-])c1)C(F)(F)F. The average molecular weight is 218 g/mol. The smallest absolute Gasteiger partial charge is 0.296 e. The van der Waals surface area contributed by atoms with E-state index in [4.69, 9.17) is 5.41 Å². The molecule has 0 heterocycles. The number of benzene rings is 1. The highest BCUT2D eigenvalue weighted by molar-refractivity contribution is 6.02. The summed E-state index contributed by atoms with van der Waals surface area (Å²) in [5, 5.41) is 17.1. The maximum absolute atomic E-state index is 12.1. The van der Waals surface area contributed by atoms with E-state index in [0.29, 0.717) is 0 Å². The predicted octanol–water partition coefficient (Wildman–Crippen LogP) is 2.52. The van der Waals surface area contributed by atoms with Gasteiger partial charge in [-0.25, -0.2) is 0 Å². The maximum Gasteiger partial charge on any atom is 0.433 e. The molecule has 0 saturated carbocycles. The van der Waals surface area contributed by atoms with Crippen LogP contribution in [-0.2, 0) is 0 Å². The third-order valence-corrected chi connectivity index (χ3v) is 1.63. The second-order valence-electron chi connectivity index (χ2n) is 2.68. The molecule has 0 atom stereocenters. The first-order chi connectivity index (χ1) is 6.82. The van der Waals surface area contributed by atoms with E-state index in [1.807, 2.05) is 0 Å². The Morgan fingerprint density at radius 3 is 2.47 bits per heavy atom. The summed E-state index contributed by atoms with van der Waals surface area (Å²) in [7, 11) is 0. The fraction of sp³-hybridized carbons (Fsp3) is 0.125. The van der Waals surface area contributed by atoms with Crippen LogP contribution in [0.4, 0.5) is 18.9 Å². The molecule has 0 aliphatic carbocycles. The number of nitro groups is 1. The van der Waals surface area contributed by atoms with Gasteiger partial charge in [-0.2, -0.15) is 13.2 Å². The fourth-order valence-corrected chi connectivity index (χ4v) is 0.939. The second kappa shape index (κ2) is 3.68. The van der Waals surface area contributed by atoms with Gasteiger partial charge in [0.15, 0.2) is 0 Å². The van der Waals surface area contributed by atoms with Gasteiger partial charge in [0.2, 0.25) is 0 Å². The Morgan fingerprint density at radius 1 is 1.40 bits per heavy atom. The van der Waals surface area contributed by atoms with Crippen LogP contribution in [0.3, 0.4) is 0 Å². The summed E-state index contributed by atoms with van der Waals surface area (Å²) >= 11 is 0. The van der Waals surface area contributed by atoms with Crippen molar-refractivity contribution < 1.29 is 18.1 Å². The summed E-state index contributed by atoms with van der Waals surface area (Å²) in [5.41, 5.74) is -2.58. The molecular weight excluding hydrogens is 213 g/mol. The van der Waals surface area contributed by atoms with Crippen LogP contribution in [-0.4, -0.2) is 16.8 Å². The molecule has 0 saturated heterocycles. The molecule has 1 aromatic rings.